The molecule has 9 heteroatoms. The summed E-state index contributed by atoms with van der Waals surface area (Å²) in [5.74, 6) is -0.0489. The Morgan fingerprint density at radius 1 is 0.971 bits per heavy atom. The first-order chi connectivity index (χ1) is 16.5. The van der Waals surface area contributed by atoms with Crippen molar-refractivity contribution in [3.05, 3.63) is 82.3 Å². The van der Waals surface area contributed by atoms with E-state index in [0.717, 1.165) is 10.4 Å². The van der Waals surface area contributed by atoms with Crippen molar-refractivity contribution in [3.8, 4) is 5.75 Å². The van der Waals surface area contributed by atoms with E-state index in [2.05, 4.69) is 5.32 Å². The molecule has 2 aromatic carbocycles. The highest BCUT2D eigenvalue weighted by Gasteiger charge is 2.23. The number of carbonyl (C=O) groups is 2. The summed E-state index contributed by atoms with van der Waals surface area (Å²) < 4.78 is 23.8. The monoisotopic (exact) mass is 485 g/mol. The third-order valence-corrected chi connectivity index (χ3v) is 5.95. The van der Waals surface area contributed by atoms with E-state index < -0.39 is 6.03 Å². The summed E-state index contributed by atoms with van der Waals surface area (Å²) in [6.07, 6.45) is 0. The third kappa shape index (κ3) is 7.29. The van der Waals surface area contributed by atoms with Crippen LogP contribution >= 0.6 is 11.3 Å². The van der Waals surface area contributed by atoms with Crippen LogP contribution in [0.3, 0.4) is 0 Å². The molecule has 0 bridgehead atoms. The Morgan fingerprint density at radius 2 is 1.74 bits per heavy atom. The normalized spacial score (nSPS) is 10.6. The number of carbonyl (C=O) groups excluding carboxylic acids is 2. The van der Waals surface area contributed by atoms with Gasteiger partial charge in [-0.25, -0.2) is 9.18 Å². The molecule has 1 aromatic heterocycles. The van der Waals surface area contributed by atoms with Gasteiger partial charge in [-0.2, -0.15) is 0 Å². The Labute approximate surface area is 202 Å². The Balaban J connectivity index is 1.76. The summed E-state index contributed by atoms with van der Waals surface area (Å²) in [7, 11) is 3.06. The molecule has 0 unspecified atom stereocenters. The Hall–Kier alpha value is -3.43. The Bertz CT molecular complexity index is 1060. The van der Waals surface area contributed by atoms with Gasteiger partial charge in [-0.05, 0) is 41.3 Å². The molecule has 0 saturated carbocycles. The van der Waals surface area contributed by atoms with Crippen LogP contribution in [0.25, 0.3) is 0 Å². The largest absolute Gasteiger partial charge is 0.495 e. The van der Waals surface area contributed by atoms with Crippen LogP contribution in [-0.4, -0.2) is 55.7 Å². The molecule has 7 nitrogen and oxygen atoms in total. The van der Waals surface area contributed by atoms with Gasteiger partial charge in [0.2, 0.25) is 5.91 Å². The number of anilines is 1. The number of rotatable bonds is 11. The zero-order valence-corrected chi connectivity index (χ0v) is 20.0. The van der Waals surface area contributed by atoms with Gasteiger partial charge in [0.15, 0.2) is 0 Å². The quantitative estimate of drug-likeness (QED) is 0.431. The summed E-state index contributed by atoms with van der Waals surface area (Å²) in [5.41, 5.74) is 1.31. The average molecular weight is 486 g/mol. The SMILES string of the molecule is COCCN(CC(=O)N(Cc1ccc(F)cc1)Cc1cccs1)C(=O)Nc1ccccc1OC. The minimum absolute atomic E-state index is 0.142. The van der Waals surface area contributed by atoms with E-state index in [4.69, 9.17) is 9.47 Å². The topological polar surface area (TPSA) is 71.1 Å². The number of urea groups is 1. The number of para-hydroxylation sites is 2. The van der Waals surface area contributed by atoms with Crippen molar-refractivity contribution in [3.63, 3.8) is 0 Å². The Morgan fingerprint density at radius 3 is 2.41 bits per heavy atom. The van der Waals surface area contributed by atoms with E-state index in [1.807, 2.05) is 17.5 Å². The number of thiophene rings is 1. The number of methoxy groups -OCH3 is 2. The smallest absolute Gasteiger partial charge is 0.322 e. The number of nitrogens with one attached hydrogen (secondary N) is 1. The molecule has 0 radical (unpaired) electrons. The molecule has 180 valence electrons. The van der Waals surface area contributed by atoms with Gasteiger partial charge >= 0.3 is 6.03 Å². The van der Waals surface area contributed by atoms with Crippen molar-refractivity contribution >= 4 is 29.0 Å². The van der Waals surface area contributed by atoms with E-state index in [1.165, 1.54) is 31.3 Å². The maximum atomic E-state index is 13.4. The van der Waals surface area contributed by atoms with Crippen LogP contribution in [0.2, 0.25) is 0 Å². The molecule has 1 N–H and O–H groups in total. The lowest BCUT2D eigenvalue weighted by Gasteiger charge is -2.28. The second-order valence-corrected chi connectivity index (χ2v) is 8.53. The summed E-state index contributed by atoms with van der Waals surface area (Å²) in [6, 6.07) is 16.5. The molecule has 34 heavy (non-hydrogen) atoms. The van der Waals surface area contributed by atoms with Crippen LogP contribution in [0.4, 0.5) is 14.9 Å². The molecular weight excluding hydrogens is 457 g/mol. The second-order valence-electron chi connectivity index (χ2n) is 7.50. The van der Waals surface area contributed by atoms with E-state index in [0.29, 0.717) is 24.5 Å². The number of halogens is 1. The molecule has 0 saturated heterocycles. The highest BCUT2D eigenvalue weighted by molar-refractivity contribution is 7.09. The van der Waals surface area contributed by atoms with E-state index >= 15 is 0 Å². The minimum atomic E-state index is -0.437. The zero-order chi connectivity index (χ0) is 24.3. The molecule has 1 heterocycles. The average Bonchev–Trinajstić information content (AvgIpc) is 3.36. The van der Waals surface area contributed by atoms with Crippen LogP contribution in [-0.2, 0) is 22.6 Å². The van der Waals surface area contributed by atoms with Gasteiger partial charge in [-0.3, -0.25) is 4.79 Å². The lowest BCUT2D eigenvalue weighted by atomic mass is 10.2. The van der Waals surface area contributed by atoms with Crippen molar-refractivity contribution in [2.24, 2.45) is 0 Å². The molecule has 3 aromatic rings. The Kier molecular flexibility index (Phi) is 9.42. The van der Waals surface area contributed by atoms with Crippen LogP contribution in [0.1, 0.15) is 10.4 Å². The van der Waals surface area contributed by atoms with E-state index in [1.54, 1.807) is 52.6 Å². The highest BCUT2D eigenvalue weighted by atomic mass is 32.1. The molecule has 0 aliphatic carbocycles. The van der Waals surface area contributed by atoms with Crippen LogP contribution in [0, 0.1) is 5.82 Å². The molecule has 3 rings (SSSR count). The molecule has 0 fully saturated rings. The van der Waals surface area contributed by atoms with Crippen LogP contribution in [0.15, 0.2) is 66.0 Å². The molecule has 0 atom stereocenters. The molecular formula is C25H28FN3O4S. The van der Waals surface area contributed by atoms with Crippen molar-refractivity contribution in [1.82, 2.24) is 9.80 Å². The first-order valence-electron chi connectivity index (χ1n) is 10.7. The van der Waals surface area contributed by atoms with Gasteiger partial charge in [0.05, 0.1) is 25.9 Å². The number of hydrogen-bond donors (Lipinski definition) is 1. The van der Waals surface area contributed by atoms with Crippen LogP contribution in [0.5, 0.6) is 5.75 Å². The van der Waals surface area contributed by atoms with Crippen molar-refractivity contribution in [2.75, 3.05) is 39.2 Å². The summed E-state index contributed by atoms with van der Waals surface area (Å²) in [4.78, 5) is 30.5. The summed E-state index contributed by atoms with van der Waals surface area (Å²) in [5, 5.41) is 4.76. The zero-order valence-electron chi connectivity index (χ0n) is 19.2. The maximum absolute atomic E-state index is 13.4. The predicted molar refractivity (Wildman–Crippen MR) is 130 cm³/mol. The standard InChI is InChI=1S/C25H28FN3O4S/c1-32-14-13-28(25(31)27-22-7-3-4-8-23(22)33-2)18-24(30)29(17-21-6-5-15-34-21)16-19-9-11-20(26)12-10-19/h3-12,15H,13-14,16-18H2,1-2H3,(H,27,31). The van der Waals surface area contributed by atoms with E-state index in [9.17, 15) is 14.0 Å². The van der Waals surface area contributed by atoms with Gasteiger partial charge in [0.25, 0.3) is 0 Å². The third-order valence-electron chi connectivity index (χ3n) is 5.09. The first kappa shape index (κ1) is 25.2. The van der Waals surface area contributed by atoms with Crippen LogP contribution < -0.4 is 10.1 Å². The molecule has 0 aliphatic rings. The summed E-state index contributed by atoms with van der Waals surface area (Å²) in [6.45, 7) is 1.04. The molecule has 0 spiro atoms. The van der Waals surface area contributed by atoms with Gasteiger partial charge in [-0.1, -0.05) is 30.3 Å². The number of nitrogens with zero attached hydrogens (tertiary/aromatic N) is 2. The number of benzene rings is 2. The van der Waals surface area contributed by atoms with Gasteiger partial charge < -0.3 is 24.6 Å². The van der Waals surface area contributed by atoms with Crippen molar-refractivity contribution in [2.45, 2.75) is 13.1 Å². The summed E-state index contributed by atoms with van der Waals surface area (Å²) >= 11 is 1.55. The highest BCUT2D eigenvalue weighted by Crippen LogP contribution is 2.23. The number of ether oxygens (including phenoxy) is 2. The fraction of sp³-hybridized carbons (Fsp3) is 0.280. The van der Waals surface area contributed by atoms with Crippen molar-refractivity contribution in [1.29, 1.82) is 0 Å². The predicted octanol–water partition coefficient (Wildman–Crippen LogP) is 4.61. The van der Waals surface area contributed by atoms with E-state index in [-0.39, 0.29) is 31.4 Å². The van der Waals surface area contributed by atoms with Crippen molar-refractivity contribution < 1.29 is 23.5 Å². The fourth-order valence-corrected chi connectivity index (χ4v) is 4.01. The van der Waals surface area contributed by atoms with Gasteiger partial charge in [0.1, 0.15) is 18.1 Å². The maximum Gasteiger partial charge on any atom is 0.322 e. The minimum Gasteiger partial charge on any atom is -0.495 e. The lowest BCUT2D eigenvalue weighted by Crippen LogP contribution is -2.45. The van der Waals surface area contributed by atoms with Gasteiger partial charge in [0, 0.05) is 25.1 Å². The molecule has 0 aliphatic heterocycles. The van der Waals surface area contributed by atoms with Gasteiger partial charge in [-0.15, -0.1) is 11.3 Å². The fourth-order valence-electron chi connectivity index (χ4n) is 3.29. The number of amides is 3. The lowest BCUT2D eigenvalue weighted by molar-refractivity contribution is -0.133. The first-order valence-corrected chi connectivity index (χ1v) is 11.6. The molecule has 3 amide bonds. The number of hydrogen-bond acceptors (Lipinski definition) is 5. The second kappa shape index (κ2) is 12.7.